The van der Waals surface area contributed by atoms with E-state index in [2.05, 4.69) is 13.8 Å². The Morgan fingerprint density at radius 3 is 2.21 bits per heavy atom. The van der Waals surface area contributed by atoms with Crippen LogP contribution in [0.25, 0.3) is 0 Å². The van der Waals surface area contributed by atoms with Crippen LogP contribution >= 0.6 is 0 Å². The maximum absolute atomic E-state index is 12.3. The molecule has 4 nitrogen and oxygen atoms in total. The second kappa shape index (κ2) is 5.51. The van der Waals surface area contributed by atoms with Gasteiger partial charge < -0.3 is 10.0 Å². The van der Waals surface area contributed by atoms with Crippen LogP contribution in [0.5, 0.6) is 0 Å². The first kappa shape index (κ1) is 14.4. The number of piperidine rings is 1. The van der Waals surface area contributed by atoms with E-state index in [1.54, 1.807) is 0 Å². The Morgan fingerprint density at radius 1 is 1.26 bits per heavy atom. The third-order valence-electron chi connectivity index (χ3n) is 5.09. The molecule has 1 saturated heterocycles. The topological polar surface area (TPSA) is 57.6 Å². The van der Waals surface area contributed by atoms with Gasteiger partial charge in [-0.05, 0) is 37.5 Å². The van der Waals surface area contributed by atoms with Crippen molar-refractivity contribution in [2.45, 2.75) is 52.4 Å². The molecule has 0 aromatic heterocycles. The molecule has 4 heteroatoms. The number of rotatable bonds is 4. The fourth-order valence-electron chi connectivity index (χ4n) is 3.29. The normalized spacial score (nSPS) is 23.2. The standard InChI is InChI=1S/C15H25NO3/c1-11(2)12-4-8-16(9-5-12)13(17)10-15(14(18)19)6-3-7-15/h11-12H,3-10H2,1-2H3,(H,18,19). The Labute approximate surface area is 115 Å². The average Bonchev–Trinajstić information content (AvgIpc) is 2.33. The molecule has 1 saturated carbocycles. The summed E-state index contributed by atoms with van der Waals surface area (Å²) in [5, 5.41) is 9.28. The summed E-state index contributed by atoms with van der Waals surface area (Å²) in [4.78, 5) is 25.4. The second-order valence-corrected chi connectivity index (χ2v) is 6.58. The van der Waals surface area contributed by atoms with Gasteiger partial charge in [0.1, 0.15) is 0 Å². The minimum atomic E-state index is -0.788. The van der Waals surface area contributed by atoms with E-state index >= 15 is 0 Å². The van der Waals surface area contributed by atoms with Crippen molar-refractivity contribution in [1.29, 1.82) is 0 Å². The molecule has 0 aromatic rings. The highest BCUT2D eigenvalue weighted by atomic mass is 16.4. The molecule has 0 bridgehead atoms. The van der Waals surface area contributed by atoms with Crippen LogP contribution in [0, 0.1) is 17.3 Å². The van der Waals surface area contributed by atoms with Gasteiger partial charge in [0.05, 0.1) is 5.41 Å². The summed E-state index contributed by atoms with van der Waals surface area (Å²) in [6, 6.07) is 0. The predicted octanol–water partition coefficient (Wildman–Crippen LogP) is 2.53. The van der Waals surface area contributed by atoms with Gasteiger partial charge in [0.25, 0.3) is 0 Å². The molecule has 2 aliphatic rings. The third kappa shape index (κ3) is 2.93. The molecule has 1 aliphatic carbocycles. The number of carboxylic acids is 1. The number of carboxylic acid groups (broad SMARTS) is 1. The highest BCUT2D eigenvalue weighted by molar-refractivity contribution is 5.85. The molecule has 1 aliphatic heterocycles. The number of amides is 1. The minimum absolute atomic E-state index is 0.0457. The van der Waals surface area contributed by atoms with Crippen LogP contribution in [0.1, 0.15) is 52.4 Å². The first-order valence-electron chi connectivity index (χ1n) is 7.46. The Morgan fingerprint density at radius 2 is 1.84 bits per heavy atom. The number of aliphatic carboxylic acids is 1. The highest BCUT2D eigenvalue weighted by Gasteiger charge is 2.46. The monoisotopic (exact) mass is 267 g/mol. The van der Waals surface area contributed by atoms with Crippen LogP contribution in [-0.4, -0.2) is 35.0 Å². The lowest BCUT2D eigenvalue weighted by Gasteiger charge is -2.40. The molecular weight excluding hydrogens is 242 g/mol. The van der Waals surface area contributed by atoms with Gasteiger partial charge in [0, 0.05) is 19.5 Å². The van der Waals surface area contributed by atoms with Crippen molar-refractivity contribution in [2.24, 2.45) is 17.3 Å². The van der Waals surface area contributed by atoms with Crippen molar-refractivity contribution in [1.82, 2.24) is 4.90 Å². The lowest BCUT2D eigenvalue weighted by atomic mass is 9.66. The van der Waals surface area contributed by atoms with E-state index in [4.69, 9.17) is 0 Å². The van der Waals surface area contributed by atoms with E-state index in [0.29, 0.717) is 24.7 Å². The van der Waals surface area contributed by atoms with E-state index < -0.39 is 11.4 Å². The summed E-state index contributed by atoms with van der Waals surface area (Å²) in [6.07, 6.45) is 4.59. The summed E-state index contributed by atoms with van der Waals surface area (Å²) < 4.78 is 0. The Balaban J connectivity index is 1.86. The van der Waals surface area contributed by atoms with Gasteiger partial charge in [-0.15, -0.1) is 0 Å². The average molecular weight is 267 g/mol. The minimum Gasteiger partial charge on any atom is -0.481 e. The van der Waals surface area contributed by atoms with Gasteiger partial charge in [-0.2, -0.15) is 0 Å². The van der Waals surface area contributed by atoms with Crippen molar-refractivity contribution in [3.05, 3.63) is 0 Å². The molecule has 1 heterocycles. The molecule has 1 N–H and O–H groups in total. The zero-order valence-electron chi connectivity index (χ0n) is 12.0. The van der Waals surface area contributed by atoms with Crippen molar-refractivity contribution < 1.29 is 14.7 Å². The molecule has 0 radical (unpaired) electrons. The number of carbonyl (C=O) groups is 2. The summed E-state index contributed by atoms with van der Waals surface area (Å²) in [5.74, 6) is 0.643. The quantitative estimate of drug-likeness (QED) is 0.851. The molecule has 0 spiro atoms. The molecule has 0 atom stereocenters. The summed E-state index contributed by atoms with van der Waals surface area (Å²) in [7, 11) is 0. The summed E-state index contributed by atoms with van der Waals surface area (Å²) in [5.41, 5.74) is -0.744. The fraction of sp³-hybridized carbons (Fsp3) is 0.867. The molecular formula is C15H25NO3. The van der Waals surface area contributed by atoms with Crippen LogP contribution in [0.3, 0.4) is 0 Å². The van der Waals surface area contributed by atoms with Gasteiger partial charge in [0.15, 0.2) is 0 Å². The van der Waals surface area contributed by atoms with Crippen molar-refractivity contribution in [2.75, 3.05) is 13.1 Å². The van der Waals surface area contributed by atoms with E-state index in [9.17, 15) is 14.7 Å². The molecule has 2 fully saturated rings. The van der Waals surface area contributed by atoms with E-state index in [1.807, 2.05) is 4.90 Å². The van der Waals surface area contributed by atoms with Crippen molar-refractivity contribution in [3.8, 4) is 0 Å². The zero-order valence-corrected chi connectivity index (χ0v) is 12.0. The summed E-state index contributed by atoms with van der Waals surface area (Å²) in [6.45, 7) is 6.07. The van der Waals surface area contributed by atoms with Crippen LogP contribution in [-0.2, 0) is 9.59 Å². The molecule has 2 rings (SSSR count). The molecule has 0 aromatic carbocycles. The number of hydrogen-bond acceptors (Lipinski definition) is 2. The van der Waals surface area contributed by atoms with Crippen LogP contribution in [0.15, 0.2) is 0 Å². The smallest absolute Gasteiger partial charge is 0.310 e. The van der Waals surface area contributed by atoms with Gasteiger partial charge in [-0.3, -0.25) is 9.59 Å². The molecule has 108 valence electrons. The fourth-order valence-corrected chi connectivity index (χ4v) is 3.29. The lowest BCUT2D eigenvalue weighted by molar-refractivity contribution is -0.159. The van der Waals surface area contributed by atoms with Gasteiger partial charge >= 0.3 is 5.97 Å². The van der Waals surface area contributed by atoms with Crippen molar-refractivity contribution >= 4 is 11.9 Å². The Bertz CT molecular complexity index is 352. The van der Waals surface area contributed by atoms with E-state index in [-0.39, 0.29) is 12.3 Å². The second-order valence-electron chi connectivity index (χ2n) is 6.58. The van der Waals surface area contributed by atoms with Crippen LogP contribution in [0.4, 0.5) is 0 Å². The first-order chi connectivity index (χ1) is 8.94. The van der Waals surface area contributed by atoms with E-state index in [1.165, 1.54) is 0 Å². The highest BCUT2D eigenvalue weighted by Crippen LogP contribution is 2.44. The Kier molecular flexibility index (Phi) is 4.16. The SMILES string of the molecule is CC(C)C1CCN(C(=O)CC2(C(=O)O)CCC2)CC1. The number of hydrogen-bond donors (Lipinski definition) is 1. The number of nitrogens with zero attached hydrogens (tertiary/aromatic N) is 1. The maximum Gasteiger partial charge on any atom is 0.310 e. The molecule has 19 heavy (non-hydrogen) atoms. The maximum atomic E-state index is 12.3. The number of carbonyl (C=O) groups excluding carboxylic acids is 1. The van der Waals surface area contributed by atoms with Gasteiger partial charge in [0.2, 0.25) is 5.91 Å². The third-order valence-corrected chi connectivity index (χ3v) is 5.09. The van der Waals surface area contributed by atoms with Crippen molar-refractivity contribution in [3.63, 3.8) is 0 Å². The van der Waals surface area contributed by atoms with E-state index in [0.717, 1.165) is 32.4 Å². The van der Waals surface area contributed by atoms with Crippen LogP contribution in [0.2, 0.25) is 0 Å². The molecule has 0 unspecified atom stereocenters. The molecule has 1 amide bonds. The number of likely N-dealkylation sites (tertiary alicyclic amines) is 1. The first-order valence-corrected chi connectivity index (χ1v) is 7.46. The lowest BCUT2D eigenvalue weighted by Crippen LogP contribution is -2.46. The largest absolute Gasteiger partial charge is 0.481 e. The zero-order chi connectivity index (χ0) is 14.0. The Hall–Kier alpha value is -1.06. The predicted molar refractivity (Wildman–Crippen MR) is 72.7 cm³/mol. The van der Waals surface area contributed by atoms with Gasteiger partial charge in [-0.25, -0.2) is 0 Å². The van der Waals surface area contributed by atoms with Crippen LogP contribution < -0.4 is 0 Å². The summed E-state index contributed by atoms with van der Waals surface area (Å²) >= 11 is 0. The van der Waals surface area contributed by atoms with Gasteiger partial charge in [-0.1, -0.05) is 20.3 Å².